The van der Waals surface area contributed by atoms with Crippen LogP contribution in [0.1, 0.15) is 54.9 Å². The van der Waals surface area contributed by atoms with Crippen LogP contribution in [-0.2, 0) is 33.5 Å². The Morgan fingerprint density at radius 1 is 0.917 bits per heavy atom. The van der Waals surface area contributed by atoms with Crippen LogP contribution in [0.25, 0.3) is 22.0 Å². The molecule has 48 heavy (non-hydrogen) atoms. The first-order chi connectivity index (χ1) is 22.6. The second kappa shape index (κ2) is 14.5. The predicted octanol–water partition coefficient (Wildman–Crippen LogP) is 7.44. The lowest BCUT2D eigenvalue weighted by Gasteiger charge is -2.25. The molecule has 0 bridgehead atoms. The number of carbonyl (C=O) groups is 2. The highest BCUT2D eigenvalue weighted by atomic mass is 19.4. The van der Waals surface area contributed by atoms with E-state index in [1.54, 1.807) is 39.0 Å². The fourth-order valence-corrected chi connectivity index (χ4v) is 5.08. The number of rotatable bonds is 11. The number of aromatic nitrogens is 1. The van der Waals surface area contributed by atoms with Crippen molar-refractivity contribution in [1.29, 1.82) is 0 Å². The number of alkyl halides is 3. The van der Waals surface area contributed by atoms with E-state index in [0.29, 0.717) is 17.7 Å². The number of halogens is 5. The topological polar surface area (TPSA) is 96.0 Å². The molecular weight excluding hydrogens is 639 g/mol. The Hall–Kier alpha value is -4.78. The van der Waals surface area contributed by atoms with Gasteiger partial charge < -0.3 is 24.3 Å². The number of nitrogens with one attached hydrogen (secondary N) is 1. The first kappa shape index (κ1) is 36.1. The number of esters is 1. The van der Waals surface area contributed by atoms with E-state index in [4.69, 9.17) is 18.9 Å². The summed E-state index contributed by atoms with van der Waals surface area (Å²) in [5.41, 5.74) is -1.68. The lowest BCUT2D eigenvalue weighted by atomic mass is 9.93. The van der Waals surface area contributed by atoms with Crippen molar-refractivity contribution in [2.75, 3.05) is 20.8 Å². The Balaban J connectivity index is 1.90. The second-order valence-electron chi connectivity index (χ2n) is 11.7. The third-order valence-corrected chi connectivity index (χ3v) is 7.16. The fraction of sp³-hybridized carbons (Fsp3) is 0.343. The molecule has 8 nitrogen and oxygen atoms in total. The maximum Gasteiger partial charge on any atom is 0.433 e. The van der Waals surface area contributed by atoms with Crippen molar-refractivity contribution >= 4 is 22.8 Å². The summed E-state index contributed by atoms with van der Waals surface area (Å²) in [5, 5.41) is 2.54. The van der Waals surface area contributed by atoms with Gasteiger partial charge in [-0.2, -0.15) is 13.2 Å². The number of ether oxygens (including phenoxy) is 4. The normalized spacial score (nSPS) is 12.5. The molecule has 1 N–H and O–H groups in total. The number of pyridine rings is 1. The summed E-state index contributed by atoms with van der Waals surface area (Å²) in [6, 6.07) is 9.76. The van der Waals surface area contributed by atoms with E-state index in [2.05, 4.69) is 10.3 Å². The van der Waals surface area contributed by atoms with Gasteiger partial charge in [0.25, 0.3) is 5.91 Å². The molecule has 4 rings (SSSR count). The molecule has 0 radical (unpaired) electrons. The zero-order chi connectivity index (χ0) is 35.4. The van der Waals surface area contributed by atoms with E-state index in [0.717, 1.165) is 24.3 Å². The number of benzene rings is 3. The van der Waals surface area contributed by atoms with Crippen molar-refractivity contribution in [1.82, 2.24) is 10.3 Å². The highest BCUT2D eigenvalue weighted by molar-refractivity contribution is 6.00. The summed E-state index contributed by atoms with van der Waals surface area (Å²) in [4.78, 5) is 30.4. The number of methoxy groups -OCH3 is 2. The van der Waals surface area contributed by atoms with Gasteiger partial charge in [-0.15, -0.1) is 0 Å². The molecule has 1 atom stereocenters. The third kappa shape index (κ3) is 8.19. The Labute approximate surface area is 274 Å². The van der Waals surface area contributed by atoms with E-state index >= 15 is 0 Å². The molecule has 256 valence electrons. The van der Waals surface area contributed by atoms with Crippen molar-refractivity contribution in [2.24, 2.45) is 0 Å². The highest BCUT2D eigenvalue weighted by Crippen LogP contribution is 2.44. The number of carbonyl (C=O) groups excluding carboxylic acids is 2. The summed E-state index contributed by atoms with van der Waals surface area (Å²) < 4.78 is 93.1. The summed E-state index contributed by atoms with van der Waals surface area (Å²) >= 11 is 0. The van der Waals surface area contributed by atoms with Gasteiger partial charge in [0.05, 0.1) is 31.9 Å². The minimum absolute atomic E-state index is 0.106. The number of amides is 1. The lowest BCUT2D eigenvalue weighted by Crippen LogP contribution is -2.46. The molecule has 3 aromatic carbocycles. The second-order valence-corrected chi connectivity index (χ2v) is 11.7. The van der Waals surface area contributed by atoms with Crippen LogP contribution < -0.4 is 14.8 Å². The summed E-state index contributed by atoms with van der Waals surface area (Å²) in [5.74, 6) is -3.89. The number of hydrogen-bond acceptors (Lipinski definition) is 7. The average molecular weight is 675 g/mol. The van der Waals surface area contributed by atoms with Crippen molar-refractivity contribution in [3.63, 3.8) is 0 Å². The quantitative estimate of drug-likeness (QED) is 0.131. The Bertz CT molecular complexity index is 1770. The molecule has 0 aliphatic rings. The van der Waals surface area contributed by atoms with Crippen LogP contribution in [0.5, 0.6) is 11.5 Å². The van der Waals surface area contributed by atoms with E-state index in [9.17, 15) is 31.5 Å². The van der Waals surface area contributed by atoms with E-state index < -0.39 is 52.6 Å². The number of nitrogens with zero attached hydrogens (tertiary/aromatic N) is 1. The average Bonchev–Trinajstić information content (AvgIpc) is 3.01. The van der Waals surface area contributed by atoms with Crippen LogP contribution in [0.3, 0.4) is 0 Å². The summed E-state index contributed by atoms with van der Waals surface area (Å²) in [6.07, 6.45) is -5.13. The van der Waals surface area contributed by atoms with Crippen LogP contribution in [-0.4, -0.2) is 49.3 Å². The van der Waals surface area contributed by atoms with Crippen LogP contribution in [0.2, 0.25) is 0 Å². The van der Waals surface area contributed by atoms with Gasteiger partial charge in [-0.1, -0.05) is 24.3 Å². The SMILES string of the molecule is CCOCc1cc(OC)c(-c2ccc(C[C@H](NC(=O)c3c(F)cccc3F)C(=O)OC(C)(C)C)c3ccc(C(F)(F)F)nc23)c(OC)c1. The van der Waals surface area contributed by atoms with Gasteiger partial charge in [-0.05, 0) is 69.2 Å². The summed E-state index contributed by atoms with van der Waals surface area (Å²) in [6.45, 7) is 7.28. The standard InChI is InChI=1S/C35H35F5N2O6/c1-7-47-18-19-15-26(45-5)29(27(16-19)46-6)22-12-11-20(21-13-14-28(35(38,39)40)42-31(21)22)17-25(33(44)48-34(2,3)4)41-32(43)30-23(36)9-8-10-24(30)37/h8-16,25H,7,17-18H2,1-6H3,(H,41,43)/t25-/m0/s1. The van der Waals surface area contributed by atoms with E-state index in [-0.39, 0.29) is 46.6 Å². The summed E-state index contributed by atoms with van der Waals surface area (Å²) in [7, 11) is 2.81. The first-order valence-corrected chi connectivity index (χ1v) is 14.9. The minimum atomic E-state index is -4.80. The molecule has 13 heteroatoms. The maximum atomic E-state index is 14.5. The van der Waals surface area contributed by atoms with E-state index in [1.807, 2.05) is 6.92 Å². The minimum Gasteiger partial charge on any atom is -0.496 e. The largest absolute Gasteiger partial charge is 0.496 e. The third-order valence-electron chi connectivity index (χ3n) is 7.16. The Kier molecular flexibility index (Phi) is 10.9. The number of hydrogen-bond donors (Lipinski definition) is 1. The molecule has 0 fully saturated rings. The van der Waals surface area contributed by atoms with Crippen molar-refractivity contribution in [2.45, 2.75) is 58.5 Å². The van der Waals surface area contributed by atoms with Gasteiger partial charge in [-0.3, -0.25) is 4.79 Å². The van der Waals surface area contributed by atoms with Gasteiger partial charge >= 0.3 is 12.1 Å². The molecule has 0 saturated heterocycles. The highest BCUT2D eigenvalue weighted by Gasteiger charge is 2.34. The van der Waals surface area contributed by atoms with Crippen LogP contribution in [0.4, 0.5) is 22.0 Å². The molecule has 1 heterocycles. The molecule has 0 saturated carbocycles. The first-order valence-electron chi connectivity index (χ1n) is 14.9. The monoisotopic (exact) mass is 674 g/mol. The Morgan fingerprint density at radius 2 is 1.54 bits per heavy atom. The molecule has 0 aliphatic heterocycles. The smallest absolute Gasteiger partial charge is 0.433 e. The zero-order valence-corrected chi connectivity index (χ0v) is 27.2. The number of fused-ring (bicyclic) bond motifs is 1. The molecule has 1 aromatic heterocycles. The van der Waals surface area contributed by atoms with Crippen LogP contribution in [0, 0.1) is 11.6 Å². The fourth-order valence-electron chi connectivity index (χ4n) is 5.08. The van der Waals surface area contributed by atoms with Crippen LogP contribution in [0.15, 0.2) is 54.6 Å². The lowest BCUT2D eigenvalue weighted by molar-refractivity contribution is -0.157. The maximum absolute atomic E-state index is 14.5. The molecule has 0 unspecified atom stereocenters. The van der Waals surface area contributed by atoms with Gasteiger partial charge in [0, 0.05) is 24.0 Å². The molecular formula is C35H35F5N2O6. The molecule has 0 spiro atoms. The molecule has 0 aliphatic carbocycles. The van der Waals surface area contributed by atoms with Crippen molar-refractivity contribution in [3.05, 3.63) is 88.6 Å². The van der Waals surface area contributed by atoms with Crippen molar-refractivity contribution in [3.8, 4) is 22.6 Å². The predicted molar refractivity (Wildman–Crippen MR) is 168 cm³/mol. The molecule has 1 amide bonds. The van der Waals surface area contributed by atoms with Crippen LogP contribution >= 0.6 is 0 Å². The van der Waals surface area contributed by atoms with Gasteiger partial charge in [0.2, 0.25) is 0 Å². The zero-order valence-electron chi connectivity index (χ0n) is 27.2. The van der Waals surface area contributed by atoms with Gasteiger partial charge in [0.15, 0.2) is 0 Å². The Morgan fingerprint density at radius 3 is 2.08 bits per heavy atom. The molecule has 4 aromatic rings. The van der Waals surface area contributed by atoms with Gasteiger partial charge in [-0.25, -0.2) is 18.6 Å². The van der Waals surface area contributed by atoms with Crippen molar-refractivity contribution < 1.29 is 50.5 Å². The van der Waals surface area contributed by atoms with Gasteiger partial charge in [0.1, 0.15) is 46.0 Å². The van der Waals surface area contributed by atoms with E-state index in [1.165, 1.54) is 26.4 Å².